The van der Waals surface area contributed by atoms with Gasteiger partial charge in [-0.1, -0.05) is 19.4 Å². The summed E-state index contributed by atoms with van der Waals surface area (Å²) in [7, 11) is 0. The van der Waals surface area contributed by atoms with Crippen LogP contribution in [0.4, 0.5) is 8.78 Å². The van der Waals surface area contributed by atoms with Crippen molar-refractivity contribution in [2.75, 3.05) is 0 Å². The lowest BCUT2D eigenvalue weighted by atomic mass is 9.66. The Bertz CT molecular complexity index is 636. The smallest absolute Gasteiger partial charge is 0.217 e. The highest BCUT2D eigenvalue weighted by Crippen LogP contribution is 2.47. The van der Waals surface area contributed by atoms with Crippen LogP contribution in [0.15, 0.2) is 18.2 Å². The van der Waals surface area contributed by atoms with Crippen molar-refractivity contribution in [1.29, 1.82) is 0 Å². The van der Waals surface area contributed by atoms with E-state index in [0.29, 0.717) is 17.9 Å². The van der Waals surface area contributed by atoms with E-state index in [4.69, 9.17) is 4.74 Å². The average Bonchev–Trinajstić information content (AvgIpc) is 2.48. The molecule has 1 saturated heterocycles. The zero-order chi connectivity index (χ0) is 17.5. The maximum Gasteiger partial charge on any atom is 0.217 e. The molecule has 1 heterocycles. The van der Waals surface area contributed by atoms with E-state index < -0.39 is 17.2 Å². The summed E-state index contributed by atoms with van der Waals surface area (Å²) in [6, 6.07) is 3.92. The average molecular weight is 337 g/mol. The maximum atomic E-state index is 13.6. The van der Waals surface area contributed by atoms with Crippen LogP contribution in [-0.4, -0.2) is 17.6 Å². The third kappa shape index (κ3) is 3.32. The molecule has 1 aromatic carbocycles. The summed E-state index contributed by atoms with van der Waals surface area (Å²) >= 11 is 0. The van der Waals surface area contributed by atoms with Crippen molar-refractivity contribution >= 4 is 5.91 Å². The molecule has 3 rings (SSSR count). The Labute approximate surface area is 141 Å². The van der Waals surface area contributed by atoms with E-state index in [1.54, 1.807) is 6.07 Å². The molecule has 1 aromatic rings. The molecule has 3 nitrogen and oxygen atoms in total. The van der Waals surface area contributed by atoms with Gasteiger partial charge in [-0.15, -0.1) is 0 Å². The standard InChI is InChI=1S/C19H25F2NO2/c1-11-4-6-14-17(8-11)24-18(10-19(14,3)22-12(2)23)13-5-7-15(20)16(21)9-13/h5,7,9,11,14,17-18H,4,6,8,10H2,1-3H3,(H,22,23)/t11-,14-,17-,18-,19+/m1/s1. The highest BCUT2D eigenvalue weighted by molar-refractivity contribution is 5.73. The molecule has 1 saturated carbocycles. The first-order valence-corrected chi connectivity index (χ1v) is 8.67. The monoisotopic (exact) mass is 337 g/mol. The van der Waals surface area contributed by atoms with Gasteiger partial charge in [0.25, 0.3) is 0 Å². The number of halogens is 2. The first-order valence-electron chi connectivity index (χ1n) is 8.67. The second-order valence-electron chi connectivity index (χ2n) is 7.66. The van der Waals surface area contributed by atoms with Gasteiger partial charge in [0.1, 0.15) is 0 Å². The molecule has 5 heteroatoms. The van der Waals surface area contributed by atoms with Gasteiger partial charge in [-0.25, -0.2) is 8.78 Å². The molecule has 5 atom stereocenters. The van der Waals surface area contributed by atoms with Crippen LogP contribution < -0.4 is 5.32 Å². The van der Waals surface area contributed by atoms with Crippen molar-refractivity contribution in [3.05, 3.63) is 35.4 Å². The van der Waals surface area contributed by atoms with E-state index in [1.165, 1.54) is 13.0 Å². The first kappa shape index (κ1) is 17.3. The van der Waals surface area contributed by atoms with Gasteiger partial charge in [-0.05, 0) is 43.4 Å². The van der Waals surface area contributed by atoms with Crippen LogP contribution in [-0.2, 0) is 9.53 Å². The third-order valence-electron chi connectivity index (χ3n) is 5.60. The van der Waals surface area contributed by atoms with Crippen molar-refractivity contribution in [3.63, 3.8) is 0 Å². The van der Waals surface area contributed by atoms with Gasteiger partial charge in [0.05, 0.1) is 12.2 Å². The molecule has 1 N–H and O–H groups in total. The molecule has 0 spiro atoms. The van der Waals surface area contributed by atoms with Gasteiger partial charge in [0.15, 0.2) is 11.6 Å². The van der Waals surface area contributed by atoms with E-state index >= 15 is 0 Å². The lowest BCUT2D eigenvalue weighted by Crippen LogP contribution is -2.60. The van der Waals surface area contributed by atoms with Gasteiger partial charge in [0.2, 0.25) is 5.91 Å². The Morgan fingerprint density at radius 1 is 1.29 bits per heavy atom. The summed E-state index contributed by atoms with van der Waals surface area (Å²) in [5, 5.41) is 3.11. The summed E-state index contributed by atoms with van der Waals surface area (Å²) in [5.74, 6) is -0.976. The van der Waals surface area contributed by atoms with Gasteiger partial charge < -0.3 is 10.1 Å². The molecule has 0 unspecified atom stereocenters. The zero-order valence-electron chi connectivity index (χ0n) is 14.4. The summed E-state index contributed by atoms with van der Waals surface area (Å²) in [6.45, 7) is 5.78. The fourth-order valence-corrected chi connectivity index (χ4v) is 4.46. The van der Waals surface area contributed by atoms with E-state index in [1.807, 2.05) is 0 Å². The number of carbonyl (C=O) groups is 1. The number of ether oxygens (including phenoxy) is 1. The van der Waals surface area contributed by atoms with Gasteiger partial charge >= 0.3 is 0 Å². The van der Waals surface area contributed by atoms with Crippen LogP contribution in [0.2, 0.25) is 0 Å². The minimum absolute atomic E-state index is 0.0254. The summed E-state index contributed by atoms with van der Waals surface area (Å²) in [4.78, 5) is 11.7. The Kier molecular flexibility index (Phi) is 4.65. The number of hydrogen-bond donors (Lipinski definition) is 1. The highest BCUT2D eigenvalue weighted by Gasteiger charge is 2.49. The molecule has 0 radical (unpaired) electrons. The number of benzene rings is 1. The summed E-state index contributed by atoms with van der Waals surface area (Å²) in [5.41, 5.74) is 0.229. The van der Waals surface area contributed by atoms with E-state index in [0.717, 1.165) is 25.3 Å². The molecule has 1 aliphatic heterocycles. The predicted molar refractivity (Wildman–Crippen MR) is 87.3 cm³/mol. The van der Waals surface area contributed by atoms with E-state index in [9.17, 15) is 13.6 Å². The Hall–Kier alpha value is -1.49. The normalized spacial score (nSPS) is 36.0. The molecule has 2 fully saturated rings. The molecule has 0 bridgehead atoms. The lowest BCUT2D eigenvalue weighted by Gasteiger charge is -2.52. The Morgan fingerprint density at radius 3 is 2.71 bits per heavy atom. The van der Waals surface area contributed by atoms with Crippen molar-refractivity contribution < 1.29 is 18.3 Å². The quantitative estimate of drug-likeness (QED) is 0.881. The number of rotatable bonds is 2. The van der Waals surface area contributed by atoms with Crippen LogP contribution >= 0.6 is 0 Å². The number of nitrogens with one attached hydrogen (secondary N) is 1. The zero-order valence-corrected chi connectivity index (χ0v) is 14.4. The maximum absolute atomic E-state index is 13.6. The Balaban J connectivity index is 1.91. The van der Waals surface area contributed by atoms with Crippen molar-refractivity contribution in [1.82, 2.24) is 5.32 Å². The number of hydrogen-bond acceptors (Lipinski definition) is 2. The van der Waals surface area contributed by atoms with Gasteiger partial charge in [-0.3, -0.25) is 4.79 Å². The predicted octanol–water partition coefficient (Wildman–Crippen LogP) is 4.13. The van der Waals surface area contributed by atoms with Crippen molar-refractivity contribution in [2.45, 2.75) is 64.2 Å². The van der Waals surface area contributed by atoms with Gasteiger partial charge in [0, 0.05) is 24.8 Å². The summed E-state index contributed by atoms with van der Waals surface area (Å²) in [6.07, 6.45) is 3.30. The molecular weight excluding hydrogens is 312 g/mol. The largest absolute Gasteiger partial charge is 0.370 e. The minimum atomic E-state index is -0.864. The second kappa shape index (κ2) is 6.43. The summed E-state index contributed by atoms with van der Waals surface area (Å²) < 4.78 is 33.1. The molecule has 2 aliphatic rings. The molecular formula is C19H25F2NO2. The molecule has 132 valence electrons. The minimum Gasteiger partial charge on any atom is -0.370 e. The molecule has 1 aliphatic carbocycles. The second-order valence-corrected chi connectivity index (χ2v) is 7.66. The Morgan fingerprint density at radius 2 is 2.04 bits per heavy atom. The topological polar surface area (TPSA) is 38.3 Å². The fourth-order valence-electron chi connectivity index (χ4n) is 4.46. The SMILES string of the molecule is CC(=O)N[C@@]1(C)C[C@H](c2ccc(F)c(F)c2)O[C@@H]2C[C@H](C)CC[C@H]21. The molecule has 0 aromatic heterocycles. The van der Waals surface area contributed by atoms with Gasteiger partial charge in [-0.2, -0.15) is 0 Å². The lowest BCUT2D eigenvalue weighted by molar-refractivity contribution is -0.153. The number of amides is 1. The van der Waals surface area contributed by atoms with Crippen LogP contribution in [0.5, 0.6) is 0 Å². The van der Waals surface area contributed by atoms with Crippen LogP contribution in [0, 0.1) is 23.5 Å². The van der Waals surface area contributed by atoms with E-state index in [2.05, 4.69) is 19.2 Å². The van der Waals surface area contributed by atoms with Crippen LogP contribution in [0.25, 0.3) is 0 Å². The molecule has 1 amide bonds. The number of fused-ring (bicyclic) bond motifs is 1. The van der Waals surface area contributed by atoms with Crippen molar-refractivity contribution in [3.8, 4) is 0 Å². The van der Waals surface area contributed by atoms with Crippen molar-refractivity contribution in [2.24, 2.45) is 11.8 Å². The van der Waals surface area contributed by atoms with Crippen LogP contribution in [0.3, 0.4) is 0 Å². The highest BCUT2D eigenvalue weighted by atomic mass is 19.2. The van der Waals surface area contributed by atoms with E-state index in [-0.39, 0.29) is 24.0 Å². The van der Waals surface area contributed by atoms with Crippen LogP contribution in [0.1, 0.15) is 58.1 Å². The number of carbonyl (C=O) groups excluding carboxylic acids is 1. The first-order chi connectivity index (χ1) is 11.3. The fraction of sp³-hybridized carbons (Fsp3) is 0.632. The molecule has 24 heavy (non-hydrogen) atoms. The third-order valence-corrected chi connectivity index (χ3v) is 5.60.